The number of hydrogen-bond acceptors (Lipinski definition) is 4. The Morgan fingerprint density at radius 2 is 2.14 bits per heavy atom. The molecule has 1 rings (SSSR count). The Morgan fingerprint density at radius 1 is 1.50 bits per heavy atom. The zero-order valence-corrected chi connectivity index (χ0v) is 8.54. The van der Waals surface area contributed by atoms with Crippen molar-refractivity contribution in [2.24, 2.45) is 0 Å². The highest BCUT2D eigenvalue weighted by Gasteiger charge is 2.27. The number of carbonyl (C=O) groups is 1. The zero-order valence-electron chi connectivity index (χ0n) is 7.78. The van der Waals surface area contributed by atoms with Gasteiger partial charge in [0, 0.05) is 0 Å². The van der Waals surface area contributed by atoms with Gasteiger partial charge in [0.15, 0.2) is 5.15 Å². The third-order valence-corrected chi connectivity index (χ3v) is 1.81. The van der Waals surface area contributed by atoms with Gasteiger partial charge < -0.3 is 10.4 Å². The number of anilines is 1. The summed E-state index contributed by atoms with van der Waals surface area (Å²) in [6.45, 7) is 3.07. The first kappa shape index (κ1) is 10.7. The highest BCUT2D eigenvalue weighted by Crippen LogP contribution is 2.13. The first-order chi connectivity index (χ1) is 6.42. The summed E-state index contributed by atoms with van der Waals surface area (Å²) in [6.07, 6.45) is 0. The second kappa shape index (κ2) is 3.79. The van der Waals surface area contributed by atoms with E-state index < -0.39 is 11.5 Å². The maximum atomic E-state index is 10.8. The van der Waals surface area contributed by atoms with Gasteiger partial charge in [0.1, 0.15) is 11.4 Å². The zero-order chi connectivity index (χ0) is 10.8. The molecular formula is C8H10ClN3O2. The number of carboxylic acids is 1. The van der Waals surface area contributed by atoms with E-state index in [2.05, 4.69) is 15.5 Å². The molecule has 0 aliphatic rings. The lowest BCUT2D eigenvalue weighted by Crippen LogP contribution is -2.40. The minimum absolute atomic E-state index is 0.267. The highest BCUT2D eigenvalue weighted by molar-refractivity contribution is 6.29. The summed E-state index contributed by atoms with van der Waals surface area (Å²) in [4.78, 5) is 10.8. The molecule has 0 spiro atoms. The van der Waals surface area contributed by atoms with Crippen molar-refractivity contribution in [3.8, 4) is 0 Å². The van der Waals surface area contributed by atoms with Gasteiger partial charge in [-0.05, 0) is 26.0 Å². The number of nitrogens with zero attached hydrogens (tertiary/aromatic N) is 2. The summed E-state index contributed by atoms with van der Waals surface area (Å²) in [5, 5.41) is 19.1. The Morgan fingerprint density at radius 3 is 2.57 bits per heavy atom. The van der Waals surface area contributed by atoms with Gasteiger partial charge in [0.05, 0.1) is 0 Å². The summed E-state index contributed by atoms with van der Waals surface area (Å²) < 4.78 is 0. The minimum atomic E-state index is -1.08. The molecule has 5 nitrogen and oxygen atoms in total. The molecule has 2 N–H and O–H groups in total. The number of nitrogens with one attached hydrogen (secondary N) is 1. The molecular weight excluding hydrogens is 206 g/mol. The van der Waals surface area contributed by atoms with Crippen molar-refractivity contribution in [2.75, 3.05) is 5.32 Å². The molecule has 0 bridgehead atoms. The Kier molecular flexibility index (Phi) is 2.90. The van der Waals surface area contributed by atoms with Crippen molar-refractivity contribution in [1.82, 2.24) is 10.2 Å². The quantitative estimate of drug-likeness (QED) is 0.797. The molecule has 0 atom stereocenters. The maximum Gasteiger partial charge on any atom is 0.328 e. The van der Waals surface area contributed by atoms with E-state index in [1.807, 2.05) is 0 Å². The lowest BCUT2D eigenvalue weighted by molar-refractivity contribution is -0.141. The first-order valence-electron chi connectivity index (χ1n) is 3.92. The van der Waals surface area contributed by atoms with Gasteiger partial charge in [-0.2, -0.15) is 0 Å². The topological polar surface area (TPSA) is 75.1 Å². The minimum Gasteiger partial charge on any atom is -0.480 e. The third-order valence-electron chi connectivity index (χ3n) is 1.61. The van der Waals surface area contributed by atoms with E-state index in [9.17, 15) is 4.79 Å². The van der Waals surface area contributed by atoms with Crippen molar-refractivity contribution in [2.45, 2.75) is 19.4 Å². The van der Waals surface area contributed by atoms with E-state index in [0.717, 1.165) is 0 Å². The molecule has 6 heteroatoms. The van der Waals surface area contributed by atoms with E-state index in [0.29, 0.717) is 5.82 Å². The van der Waals surface area contributed by atoms with Crippen LogP contribution in [0.4, 0.5) is 5.82 Å². The molecule has 0 saturated carbocycles. The predicted molar refractivity (Wildman–Crippen MR) is 52.4 cm³/mol. The fourth-order valence-electron chi connectivity index (χ4n) is 0.756. The van der Waals surface area contributed by atoms with Crippen molar-refractivity contribution < 1.29 is 9.90 Å². The summed E-state index contributed by atoms with van der Waals surface area (Å²) in [7, 11) is 0. The van der Waals surface area contributed by atoms with E-state index in [-0.39, 0.29) is 5.15 Å². The maximum absolute atomic E-state index is 10.8. The molecule has 0 saturated heterocycles. The van der Waals surface area contributed by atoms with Crippen LogP contribution in [0.25, 0.3) is 0 Å². The monoisotopic (exact) mass is 215 g/mol. The summed E-state index contributed by atoms with van der Waals surface area (Å²) in [5.74, 6) is -0.587. The lowest BCUT2D eigenvalue weighted by Gasteiger charge is -2.20. The van der Waals surface area contributed by atoms with Crippen LogP contribution in [0, 0.1) is 0 Å². The molecule has 0 radical (unpaired) electrons. The molecule has 14 heavy (non-hydrogen) atoms. The molecule has 1 heterocycles. The standard InChI is InChI=1S/C8H10ClN3O2/c1-8(2,7(13)14)10-6-4-3-5(9)11-12-6/h3-4H,1-2H3,(H,10,12)(H,13,14). The Bertz CT molecular complexity index is 337. The number of rotatable bonds is 3. The first-order valence-corrected chi connectivity index (χ1v) is 4.30. The van der Waals surface area contributed by atoms with Crippen LogP contribution in [0.1, 0.15) is 13.8 Å². The molecule has 0 aliphatic heterocycles. The molecule has 0 aromatic carbocycles. The van der Waals surface area contributed by atoms with Gasteiger partial charge in [-0.3, -0.25) is 0 Å². The Labute approximate surface area is 86.1 Å². The Balaban J connectivity index is 2.79. The van der Waals surface area contributed by atoms with Crippen LogP contribution in [0.15, 0.2) is 12.1 Å². The van der Waals surface area contributed by atoms with Crippen LogP contribution in [0.2, 0.25) is 5.15 Å². The number of aromatic nitrogens is 2. The van der Waals surface area contributed by atoms with Crippen molar-refractivity contribution >= 4 is 23.4 Å². The molecule has 0 aliphatic carbocycles. The smallest absolute Gasteiger partial charge is 0.328 e. The summed E-state index contributed by atoms with van der Waals surface area (Å²) in [6, 6.07) is 3.11. The van der Waals surface area contributed by atoms with E-state index in [4.69, 9.17) is 16.7 Å². The molecule has 0 unspecified atom stereocenters. The van der Waals surface area contributed by atoms with Crippen LogP contribution in [-0.2, 0) is 4.79 Å². The van der Waals surface area contributed by atoms with Gasteiger partial charge in [-0.1, -0.05) is 11.6 Å². The van der Waals surface area contributed by atoms with Crippen LogP contribution < -0.4 is 5.32 Å². The average Bonchev–Trinajstić information content (AvgIpc) is 2.08. The number of halogens is 1. The molecule has 76 valence electrons. The van der Waals surface area contributed by atoms with Crippen LogP contribution in [0.3, 0.4) is 0 Å². The number of hydrogen-bond donors (Lipinski definition) is 2. The lowest BCUT2D eigenvalue weighted by atomic mass is 10.1. The highest BCUT2D eigenvalue weighted by atomic mass is 35.5. The second-order valence-electron chi connectivity index (χ2n) is 3.30. The normalized spacial score (nSPS) is 11.1. The number of carboxylic acid groups (broad SMARTS) is 1. The summed E-state index contributed by atoms with van der Waals surface area (Å²) >= 11 is 5.53. The third kappa shape index (κ3) is 2.56. The molecule has 1 aromatic rings. The van der Waals surface area contributed by atoms with Crippen molar-refractivity contribution in [3.05, 3.63) is 17.3 Å². The molecule has 1 aromatic heterocycles. The van der Waals surface area contributed by atoms with E-state index >= 15 is 0 Å². The molecule has 0 fully saturated rings. The fraction of sp³-hybridized carbons (Fsp3) is 0.375. The number of aliphatic carboxylic acids is 1. The van der Waals surface area contributed by atoms with Gasteiger partial charge in [-0.25, -0.2) is 4.79 Å². The predicted octanol–water partition coefficient (Wildman–Crippen LogP) is 1.41. The van der Waals surface area contributed by atoms with E-state index in [1.54, 1.807) is 6.07 Å². The van der Waals surface area contributed by atoms with Crippen molar-refractivity contribution in [3.63, 3.8) is 0 Å². The van der Waals surface area contributed by atoms with Crippen LogP contribution in [0.5, 0.6) is 0 Å². The SMILES string of the molecule is CC(C)(Nc1ccc(Cl)nn1)C(=O)O. The van der Waals surface area contributed by atoms with E-state index in [1.165, 1.54) is 19.9 Å². The second-order valence-corrected chi connectivity index (χ2v) is 3.68. The van der Waals surface area contributed by atoms with Gasteiger partial charge >= 0.3 is 5.97 Å². The molecule has 0 amide bonds. The van der Waals surface area contributed by atoms with Gasteiger partial charge in [0.25, 0.3) is 0 Å². The summed E-state index contributed by atoms with van der Waals surface area (Å²) in [5.41, 5.74) is -1.08. The van der Waals surface area contributed by atoms with Crippen LogP contribution in [-0.4, -0.2) is 26.8 Å². The van der Waals surface area contributed by atoms with Gasteiger partial charge in [-0.15, -0.1) is 10.2 Å². The largest absolute Gasteiger partial charge is 0.480 e. The van der Waals surface area contributed by atoms with Crippen LogP contribution >= 0.6 is 11.6 Å². The average molecular weight is 216 g/mol. The van der Waals surface area contributed by atoms with Crippen molar-refractivity contribution in [1.29, 1.82) is 0 Å². The Hall–Kier alpha value is -1.36. The van der Waals surface area contributed by atoms with Gasteiger partial charge in [0.2, 0.25) is 0 Å². The fourth-order valence-corrected chi connectivity index (χ4v) is 0.857.